The summed E-state index contributed by atoms with van der Waals surface area (Å²) in [5.74, 6) is 0.910. The predicted octanol–water partition coefficient (Wildman–Crippen LogP) is 3.75. The maximum atomic E-state index is 13.0. The molecule has 1 aromatic heterocycles. The first-order valence-electron chi connectivity index (χ1n) is 8.02. The quantitative estimate of drug-likeness (QED) is 0.490. The van der Waals surface area contributed by atoms with Crippen molar-refractivity contribution in [2.75, 3.05) is 19.4 Å². The SMILES string of the molecule is COc1cccc(C(=O)NCCSc2ncc(-c3ccc(F)cc3)[nH]2)c1. The molecule has 0 fully saturated rings. The number of hydrogen-bond donors (Lipinski definition) is 2. The third kappa shape index (κ3) is 4.64. The molecule has 134 valence electrons. The number of halogens is 1. The second-order valence-electron chi connectivity index (χ2n) is 5.45. The Hall–Kier alpha value is -2.80. The van der Waals surface area contributed by atoms with Crippen LogP contribution in [0.1, 0.15) is 10.4 Å². The number of aromatic nitrogens is 2. The molecule has 0 saturated heterocycles. The van der Waals surface area contributed by atoms with E-state index in [1.807, 2.05) is 0 Å². The fraction of sp³-hybridized carbons (Fsp3) is 0.158. The van der Waals surface area contributed by atoms with Crippen LogP contribution in [0.2, 0.25) is 0 Å². The number of rotatable bonds is 7. The minimum atomic E-state index is -0.269. The van der Waals surface area contributed by atoms with Crippen LogP contribution in [0.3, 0.4) is 0 Å². The van der Waals surface area contributed by atoms with Gasteiger partial charge in [-0.05, 0) is 48.0 Å². The third-order valence-corrected chi connectivity index (χ3v) is 4.56. The molecule has 0 spiro atoms. The van der Waals surface area contributed by atoms with Gasteiger partial charge >= 0.3 is 0 Å². The second kappa shape index (κ2) is 8.53. The number of imidazole rings is 1. The van der Waals surface area contributed by atoms with Crippen LogP contribution in [-0.4, -0.2) is 35.3 Å². The highest BCUT2D eigenvalue weighted by Gasteiger charge is 2.07. The smallest absolute Gasteiger partial charge is 0.251 e. The van der Waals surface area contributed by atoms with Gasteiger partial charge in [-0.25, -0.2) is 9.37 Å². The van der Waals surface area contributed by atoms with Crippen molar-refractivity contribution in [2.24, 2.45) is 0 Å². The molecule has 26 heavy (non-hydrogen) atoms. The lowest BCUT2D eigenvalue weighted by molar-refractivity contribution is 0.0956. The Morgan fingerprint density at radius 3 is 2.85 bits per heavy atom. The zero-order valence-electron chi connectivity index (χ0n) is 14.2. The first-order valence-corrected chi connectivity index (χ1v) is 9.00. The Labute approximate surface area is 155 Å². The van der Waals surface area contributed by atoms with Crippen LogP contribution in [0.4, 0.5) is 4.39 Å². The van der Waals surface area contributed by atoms with Gasteiger partial charge in [-0.1, -0.05) is 17.8 Å². The van der Waals surface area contributed by atoms with Crippen LogP contribution >= 0.6 is 11.8 Å². The average molecular weight is 371 g/mol. The van der Waals surface area contributed by atoms with Crippen molar-refractivity contribution < 1.29 is 13.9 Å². The summed E-state index contributed by atoms with van der Waals surface area (Å²) >= 11 is 1.50. The number of amides is 1. The van der Waals surface area contributed by atoms with Gasteiger partial charge in [0.15, 0.2) is 5.16 Å². The number of thioether (sulfide) groups is 1. The highest BCUT2D eigenvalue weighted by molar-refractivity contribution is 7.99. The molecule has 0 aliphatic rings. The average Bonchev–Trinajstić information content (AvgIpc) is 3.14. The molecule has 0 atom stereocenters. The molecule has 0 bridgehead atoms. The molecule has 7 heteroatoms. The molecular formula is C19H18FN3O2S. The van der Waals surface area contributed by atoms with E-state index in [4.69, 9.17) is 4.74 Å². The minimum absolute atomic E-state index is 0.143. The van der Waals surface area contributed by atoms with Crippen LogP contribution in [0.15, 0.2) is 59.9 Å². The lowest BCUT2D eigenvalue weighted by Gasteiger charge is -2.06. The molecule has 0 aliphatic carbocycles. The molecule has 3 aromatic rings. The maximum Gasteiger partial charge on any atom is 0.251 e. The van der Waals surface area contributed by atoms with Gasteiger partial charge in [0.2, 0.25) is 0 Å². The molecule has 2 N–H and O–H groups in total. The summed E-state index contributed by atoms with van der Waals surface area (Å²) in [7, 11) is 1.57. The van der Waals surface area contributed by atoms with E-state index in [1.54, 1.807) is 49.7 Å². The van der Waals surface area contributed by atoms with Gasteiger partial charge in [0.05, 0.1) is 19.0 Å². The van der Waals surface area contributed by atoms with Gasteiger partial charge < -0.3 is 15.0 Å². The van der Waals surface area contributed by atoms with Gasteiger partial charge in [-0.15, -0.1) is 0 Å². The Morgan fingerprint density at radius 1 is 1.27 bits per heavy atom. The van der Waals surface area contributed by atoms with Crippen LogP contribution in [0.25, 0.3) is 11.3 Å². The number of carbonyl (C=O) groups excluding carboxylic acids is 1. The molecule has 0 aliphatic heterocycles. The first-order chi connectivity index (χ1) is 12.7. The number of carbonyl (C=O) groups is 1. The lowest BCUT2D eigenvalue weighted by Crippen LogP contribution is -2.25. The molecule has 3 rings (SSSR count). The highest BCUT2D eigenvalue weighted by atomic mass is 32.2. The van der Waals surface area contributed by atoms with Crippen LogP contribution in [-0.2, 0) is 0 Å². The van der Waals surface area contributed by atoms with Gasteiger partial charge in [-0.3, -0.25) is 4.79 Å². The second-order valence-corrected chi connectivity index (χ2v) is 6.53. The van der Waals surface area contributed by atoms with Gasteiger partial charge in [0.1, 0.15) is 11.6 Å². The number of ether oxygens (including phenoxy) is 1. The van der Waals surface area contributed by atoms with Gasteiger partial charge in [-0.2, -0.15) is 0 Å². The van der Waals surface area contributed by atoms with E-state index in [1.165, 1.54) is 23.9 Å². The molecule has 1 amide bonds. The molecule has 0 unspecified atom stereocenters. The summed E-state index contributed by atoms with van der Waals surface area (Å²) < 4.78 is 18.1. The van der Waals surface area contributed by atoms with Gasteiger partial charge in [0.25, 0.3) is 5.91 Å². The van der Waals surface area contributed by atoms with E-state index in [-0.39, 0.29) is 11.7 Å². The minimum Gasteiger partial charge on any atom is -0.497 e. The first kappa shape index (κ1) is 18.0. The van der Waals surface area contributed by atoms with Crippen LogP contribution in [0, 0.1) is 5.82 Å². The summed E-state index contributed by atoms with van der Waals surface area (Å²) in [6, 6.07) is 13.2. The van der Waals surface area contributed by atoms with E-state index in [9.17, 15) is 9.18 Å². The van der Waals surface area contributed by atoms with Crippen LogP contribution in [0.5, 0.6) is 5.75 Å². The summed E-state index contributed by atoms with van der Waals surface area (Å²) in [4.78, 5) is 19.6. The molecule has 5 nitrogen and oxygen atoms in total. The number of aromatic amines is 1. The number of hydrogen-bond acceptors (Lipinski definition) is 4. The van der Waals surface area contributed by atoms with E-state index in [2.05, 4.69) is 15.3 Å². The maximum absolute atomic E-state index is 13.0. The van der Waals surface area contributed by atoms with E-state index >= 15 is 0 Å². The van der Waals surface area contributed by atoms with E-state index < -0.39 is 0 Å². The number of benzene rings is 2. The largest absolute Gasteiger partial charge is 0.497 e. The number of H-pyrrole nitrogens is 1. The van der Waals surface area contributed by atoms with Crippen molar-refractivity contribution in [2.45, 2.75) is 5.16 Å². The Balaban J connectivity index is 1.48. The molecule has 1 heterocycles. The summed E-state index contributed by atoms with van der Waals surface area (Å²) in [5.41, 5.74) is 2.26. The molecule has 2 aromatic carbocycles. The van der Waals surface area contributed by atoms with Gasteiger partial charge in [0, 0.05) is 17.9 Å². The normalized spacial score (nSPS) is 10.5. The van der Waals surface area contributed by atoms with E-state index in [0.717, 1.165) is 16.4 Å². The number of methoxy groups -OCH3 is 1. The van der Waals surface area contributed by atoms with Crippen molar-refractivity contribution in [1.29, 1.82) is 0 Å². The Kier molecular flexibility index (Phi) is 5.91. The molecular weight excluding hydrogens is 353 g/mol. The Morgan fingerprint density at radius 2 is 2.08 bits per heavy atom. The number of nitrogens with one attached hydrogen (secondary N) is 2. The van der Waals surface area contributed by atoms with Crippen molar-refractivity contribution in [3.8, 4) is 17.0 Å². The van der Waals surface area contributed by atoms with Crippen molar-refractivity contribution >= 4 is 17.7 Å². The standard InChI is InChI=1S/C19H18FN3O2S/c1-25-16-4-2-3-14(11-16)18(24)21-9-10-26-19-22-12-17(23-19)13-5-7-15(20)8-6-13/h2-8,11-12H,9-10H2,1H3,(H,21,24)(H,22,23). The summed E-state index contributed by atoms with van der Waals surface area (Å²) in [6.07, 6.45) is 1.71. The highest BCUT2D eigenvalue weighted by Crippen LogP contribution is 2.21. The van der Waals surface area contributed by atoms with E-state index in [0.29, 0.717) is 23.6 Å². The fourth-order valence-corrected chi connectivity index (χ4v) is 3.04. The monoisotopic (exact) mass is 371 g/mol. The summed E-state index contributed by atoms with van der Waals surface area (Å²) in [5, 5.41) is 3.62. The predicted molar refractivity (Wildman–Crippen MR) is 100 cm³/mol. The third-order valence-electron chi connectivity index (χ3n) is 3.67. The molecule has 0 radical (unpaired) electrons. The fourth-order valence-electron chi connectivity index (χ4n) is 2.33. The summed E-state index contributed by atoms with van der Waals surface area (Å²) in [6.45, 7) is 0.507. The zero-order chi connectivity index (χ0) is 18.4. The van der Waals surface area contributed by atoms with Crippen LogP contribution < -0.4 is 10.1 Å². The van der Waals surface area contributed by atoms with Crippen molar-refractivity contribution in [3.05, 3.63) is 66.1 Å². The number of nitrogens with zero attached hydrogens (tertiary/aromatic N) is 1. The molecule has 0 saturated carbocycles. The van der Waals surface area contributed by atoms with Crippen molar-refractivity contribution in [3.63, 3.8) is 0 Å². The van der Waals surface area contributed by atoms with Crippen molar-refractivity contribution in [1.82, 2.24) is 15.3 Å². The Bertz CT molecular complexity index is 881. The zero-order valence-corrected chi connectivity index (χ0v) is 15.0. The lowest BCUT2D eigenvalue weighted by atomic mass is 10.2. The topological polar surface area (TPSA) is 67.0 Å².